The van der Waals surface area contributed by atoms with E-state index in [4.69, 9.17) is 21.1 Å². The number of halogens is 1. The van der Waals surface area contributed by atoms with Crippen LogP contribution in [-0.4, -0.2) is 33.4 Å². The lowest BCUT2D eigenvalue weighted by Crippen LogP contribution is -2.28. The van der Waals surface area contributed by atoms with Gasteiger partial charge in [-0.2, -0.15) is 0 Å². The van der Waals surface area contributed by atoms with Crippen LogP contribution in [0.2, 0.25) is 5.02 Å². The maximum atomic E-state index is 12.2. The van der Waals surface area contributed by atoms with Gasteiger partial charge in [0.2, 0.25) is 12.7 Å². The summed E-state index contributed by atoms with van der Waals surface area (Å²) in [6.07, 6.45) is 1.54. The van der Waals surface area contributed by atoms with Crippen molar-refractivity contribution in [2.45, 2.75) is 18.1 Å². The van der Waals surface area contributed by atoms with E-state index in [1.807, 2.05) is 25.1 Å². The first-order chi connectivity index (χ1) is 12.6. The van der Waals surface area contributed by atoms with Crippen molar-refractivity contribution >= 4 is 40.4 Å². The van der Waals surface area contributed by atoms with Crippen molar-refractivity contribution in [3.63, 3.8) is 0 Å². The SMILES string of the molecule is CC(NC(=O)CSc1nc2ncc(Cl)cc2[nH]1)c1ccc2c(c1)OCO2. The molecule has 0 aliphatic carbocycles. The number of amides is 1. The van der Waals surface area contributed by atoms with E-state index in [2.05, 4.69) is 20.3 Å². The molecule has 0 saturated heterocycles. The fraction of sp³-hybridized carbons (Fsp3) is 0.235. The number of aromatic nitrogens is 3. The highest BCUT2D eigenvalue weighted by Gasteiger charge is 2.17. The molecule has 1 aromatic carbocycles. The van der Waals surface area contributed by atoms with Crippen LogP contribution in [0.15, 0.2) is 35.6 Å². The summed E-state index contributed by atoms with van der Waals surface area (Å²) in [5, 5.41) is 4.13. The highest BCUT2D eigenvalue weighted by molar-refractivity contribution is 7.99. The summed E-state index contributed by atoms with van der Waals surface area (Å²) in [7, 11) is 0. The van der Waals surface area contributed by atoms with Gasteiger partial charge in [-0.3, -0.25) is 4.79 Å². The molecule has 2 N–H and O–H groups in total. The first-order valence-corrected chi connectivity index (χ1v) is 9.28. The van der Waals surface area contributed by atoms with Crippen molar-refractivity contribution in [1.82, 2.24) is 20.3 Å². The van der Waals surface area contributed by atoms with Gasteiger partial charge in [0.15, 0.2) is 22.3 Å². The van der Waals surface area contributed by atoms with Gasteiger partial charge in [0.25, 0.3) is 0 Å². The summed E-state index contributed by atoms with van der Waals surface area (Å²) in [5.74, 6) is 1.57. The largest absolute Gasteiger partial charge is 0.454 e. The van der Waals surface area contributed by atoms with Gasteiger partial charge >= 0.3 is 0 Å². The fourth-order valence-corrected chi connectivity index (χ4v) is 3.45. The molecule has 0 spiro atoms. The number of nitrogens with zero attached hydrogens (tertiary/aromatic N) is 2. The Labute approximate surface area is 158 Å². The van der Waals surface area contributed by atoms with Gasteiger partial charge in [-0.25, -0.2) is 9.97 Å². The number of fused-ring (bicyclic) bond motifs is 2. The lowest BCUT2D eigenvalue weighted by Gasteiger charge is -2.14. The second-order valence-corrected chi connectivity index (χ2v) is 7.16. The van der Waals surface area contributed by atoms with E-state index >= 15 is 0 Å². The number of aromatic amines is 1. The van der Waals surface area contributed by atoms with Gasteiger partial charge in [-0.05, 0) is 30.7 Å². The molecular formula is C17H15ClN4O3S. The number of imidazole rings is 1. The number of hydrogen-bond acceptors (Lipinski definition) is 6. The lowest BCUT2D eigenvalue weighted by molar-refractivity contribution is -0.119. The molecule has 0 bridgehead atoms. The summed E-state index contributed by atoms with van der Waals surface area (Å²) < 4.78 is 10.7. The minimum absolute atomic E-state index is 0.0911. The van der Waals surface area contributed by atoms with Gasteiger partial charge in [-0.15, -0.1) is 0 Å². The van der Waals surface area contributed by atoms with Crippen molar-refractivity contribution in [2.24, 2.45) is 0 Å². The van der Waals surface area contributed by atoms with E-state index in [9.17, 15) is 4.79 Å². The summed E-state index contributed by atoms with van der Waals surface area (Å²) >= 11 is 7.22. The van der Waals surface area contributed by atoms with Gasteiger partial charge in [-0.1, -0.05) is 29.4 Å². The molecule has 4 rings (SSSR count). The van der Waals surface area contributed by atoms with Crippen molar-refractivity contribution in [1.29, 1.82) is 0 Å². The van der Waals surface area contributed by atoms with Crippen LogP contribution >= 0.6 is 23.4 Å². The summed E-state index contributed by atoms with van der Waals surface area (Å²) in [4.78, 5) is 23.8. The summed E-state index contributed by atoms with van der Waals surface area (Å²) in [6.45, 7) is 2.15. The molecule has 7 nitrogen and oxygen atoms in total. The molecule has 1 aliphatic heterocycles. The Kier molecular flexibility index (Phi) is 4.60. The summed E-state index contributed by atoms with van der Waals surface area (Å²) in [6, 6.07) is 7.26. The number of thioether (sulfide) groups is 1. The van der Waals surface area contributed by atoms with Crippen LogP contribution in [0, 0.1) is 0 Å². The minimum atomic E-state index is -0.145. The van der Waals surface area contributed by atoms with Gasteiger partial charge in [0, 0.05) is 6.20 Å². The molecule has 1 unspecified atom stereocenters. The third-order valence-electron chi connectivity index (χ3n) is 3.90. The quantitative estimate of drug-likeness (QED) is 0.650. The van der Waals surface area contributed by atoms with Crippen LogP contribution in [0.1, 0.15) is 18.5 Å². The normalized spacial score (nSPS) is 13.8. The molecule has 1 amide bonds. The number of nitrogens with one attached hydrogen (secondary N) is 2. The van der Waals surface area contributed by atoms with Crippen LogP contribution in [0.25, 0.3) is 11.2 Å². The molecule has 26 heavy (non-hydrogen) atoms. The molecule has 0 radical (unpaired) electrons. The number of hydrogen-bond donors (Lipinski definition) is 2. The Bertz CT molecular complexity index is 978. The Morgan fingerprint density at radius 2 is 2.23 bits per heavy atom. The smallest absolute Gasteiger partial charge is 0.231 e. The molecule has 3 aromatic rings. The number of H-pyrrole nitrogens is 1. The highest BCUT2D eigenvalue weighted by Crippen LogP contribution is 2.34. The average Bonchev–Trinajstić information content (AvgIpc) is 3.24. The van der Waals surface area contributed by atoms with Crippen LogP contribution < -0.4 is 14.8 Å². The van der Waals surface area contributed by atoms with Crippen molar-refractivity contribution in [2.75, 3.05) is 12.5 Å². The predicted molar refractivity (Wildman–Crippen MR) is 98.7 cm³/mol. The minimum Gasteiger partial charge on any atom is -0.454 e. The molecule has 1 atom stereocenters. The molecule has 9 heteroatoms. The molecular weight excluding hydrogens is 376 g/mol. The first kappa shape index (κ1) is 17.0. The standard InChI is InChI=1S/C17H15ClN4O3S/c1-9(10-2-3-13-14(4-10)25-8-24-13)20-15(23)7-26-17-21-12-5-11(18)6-19-16(12)22-17/h2-6,9H,7-8H2,1H3,(H,20,23)(H,19,21,22). The molecule has 0 fully saturated rings. The maximum Gasteiger partial charge on any atom is 0.231 e. The maximum absolute atomic E-state index is 12.2. The Morgan fingerprint density at radius 1 is 1.38 bits per heavy atom. The van der Waals surface area contributed by atoms with Crippen LogP contribution in [0.5, 0.6) is 11.5 Å². The topological polar surface area (TPSA) is 89.1 Å². The number of ether oxygens (including phenoxy) is 2. The number of carbonyl (C=O) groups excluding carboxylic acids is 1. The third-order valence-corrected chi connectivity index (χ3v) is 4.98. The van der Waals surface area contributed by atoms with E-state index in [-0.39, 0.29) is 24.5 Å². The highest BCUT2D eigenvalue weighted by atomic mass is 35.5. The van der Waals surface area contributed by atoms with Crippen molar-refractivity contribution < 1.29 is 14.3 Å². The second-order valence-electron chi connectivity index (χ2n) is 5.76. The first-order valence-electron chi connectivity index (χ1n) is 7.91. The van der Waals surface area contributed by atoms with Crippen molar-refractivity contribution in [3.8, 4) is 11.5 Å². The molecule has 0 saturated carbocycles. The Morgan fingerprint density at radius 3 is 3.12 bits per heavy atom. The van der Waals surface area contributed by atoms with Crippen molar-refractivity contribution in [3.05, 3.63) is 41.0 Å². The Balaban J connectivity index is 1.35. The number of rotatable bonds is 5. The number of benzene rings is 1. The zero-order valence-electron chi connectivity index (χ0n) is 13.8. The van der Waals surface area contributed by atoms with E-state index in [1.54, 1.807) is 12.3 Å². The average molecular weight is 391 g/mol. The van der Waals surface area contributed by atoms with Crippen LogP contribution in [-0.2, 0) is 4.79 Å². The number of pyridine rings is 1. The predicted octanol–water partition coefficient (Wildman–Crippen LogP) is 3.31. The summed E-state index contributed by atoms with van der Waals surface area (Å²) in [5.41, 5.74) is 2.27. The fourth-order valence-electron chi connectivity index (χ4n) is 2.60. The zero-order valence-corrected chi connectivity index (χ0v) is 15.4. The second kappa shape index (κ2) is 7.05. The van der Waals surface area contributed by atoms with Crippen LogP contribution in [0.4, 0.5) is 0 Å². The molecule has 1 aliphatic rings. The van der Waals surface area contributed by atoms with Crippen LogP contribution in [0.3, 0.4) is 0 Å². The van der Waals surface area contributed by atoms with Gasteiger partial charge in [0.05, 0.1) is 22.3 Å². The zero-order chi connectivity index (χ0) is 18.1. The van der Waals surface area contributed by atoms with E-state index < -0.39 is 0 Å². The van der Waals surface area contributed by atoms with E-state index in [0.29, 0.717) is 21.6 Å². The Hall–Kier alpha value is -2.45. The molecule has 3 heterocycles. The lowest BCUT2D eigenvalue weighted by atomic mass is 10.1. The number of carbonyl (C=O) groups is 1. The van der Waals surface area contributed by atoms with E-state index in [0.717, 1.165) is 16.8 Å². The van der Waals surface area contributed by atoms with E-state index in [1.165, 1.54) is 11.8 Å². The monoisotopic (exact) mass is 390 g/mol. The molecule has 134 valence electrons. The third kappa shape index (κ3) is 3.56. The van der Waals surface area contributed by atoms with Gasteiger partial charge < -0.3 is 19.8 Å². The molecule has 2 aromatic heterocycles. The van der Waals surface area contributed by atoms with Gasteiger partial charge in [0.1, 0.15) is 0 Å².